The van der Waals surface area contributed by atoms with Gasteiger partial charge in [0.1, 0.15) is 0 Å². The average Bonchev–Trinajstić information content (AvgIpc) is 3.61. The monoisotopic (exact) mass is 574 g/mol. The molecule has 8 atom stereocenters. The summed E-state index contributed by atoms with van der Waals surface area (Å²) in [5.74, 6) is 2.04. The van der Waals surface area contributed by atoms with E-state index in [2.05, 4.69) is 143 Å². The summed E-state index contributed by atoms with van der Waals surface area (Å²) in [7, 11) is 0. The highest BCUT2D eigenvalue weighted by Crippen LogP contribution is 2.50. The van der Waals surface area contributed by atoms with Gasteiger partial charge in [0.2, 0.25) is 0 Å². The smallest absolute Gasteiger partial charge is 0.0629 e. The van der Waals surface area contributed by atoms with Crippen molar-refractivity contribution in [1.82, 2.24) is 4.90 Å². The first-order valence-electron chi connectivity index (χ1n) is 17.1. The first kappa shape index (κ1) is 26.5. The van der Waals surface area contributed by atoms with Gasteiger partial charge < -0.3 is 4.90 Å². The lowest BCUT2D eigenvalue weighted by atomic mass is 9.76. The van der Waals surface area contributed by atoms with E-state index in [9.17, 15) is 0 Å². The quantitative estimate of drug-likeness (QED) is 0.336. The Labute approximate surface area is 262 Å². The van der Waals surface area contributed by atoms with Crippen molar-refractivity contribution in [2.45, 2.75) is 62.7 Å². The second-order valence-electron chi connectivity index (χ2n) is 13.8. The number of rotatable bonds is 4. The van der Waals surface area contributed by atoms with Gasteiger partial charge >= 0.3 is 0 Å². The fraction of sp³-hybridized carbons (Fsp3) is 0.333. The van der Waals surface area contributed by atoms with Crippen molar-refractivity contribution in [3.63, 3.8) is 0 Å². The maximum atomic E-state index is 2.94. The number of para-hydroxylation sites is 1. The Kier molecular flexibility index (Phi) is 6.59. The second-order valence-corrected chi connectivity index (χ2v) is 13.8. The fourth-order valence-electron chi connectivity index (χ4n) is 9.56. The third kappa shape index (κ3) is 4.33. The molecule has 7 aliphatic rings. The van der Waals surface area contributed by atoms with E-state index in [4.69, 9.17) is 0 Å². The fourth-order valence-corrected chi connectivity index (χ4v) is 9.56. The Balaban J connectivity index is 1.02. The van der Waals surface area contributed by atoms with E-state index in [-0.39, 0.29) is 0 Å². The number of anilines is 1. The average molecular weight is 575 g/mol. The van der Waals surface area contributed by atoms with E-state index < -0.39 is 0 Å². The van der Waals surface area contributed by atoms with Crippen LogP contribution in [0.3, 0.4) is 0 Å². The molecule has 0 radical (unpaired) electrons. The molecule has 44 heavy (non-hydrogen) atoms. The minimum Gasteiger partial charge on any atom is -0.334 e. The molecular weight excluding hydrogens is 532 g/mol. The molecule has 0 aromatic heterocycles. The standard InChI is InChI=1S/C42H42N2/c1-3-12-29(13-4-1)30-14-11-17-34(26-30)44-40-21-10-8-19-36(40)38-28-32(23-25-42(38)44)31-22-24-41-37(27-31)35-18-7-9-20-39(35)43(41)33-15-5-2-6-16-33/h1-9,12-13,15-16,18-20,23-28,31,34-36,38-40,42H,10-11,14,17,21-22H2. The molecule has 2 aromatic carbocycles. The molecule has 2 aliphatic heterocycles. The van der Waals surface area contributed by atoms with Crippen LogP contribution >= 0.6 is 0 Å². The Morgan fingerprint density at radius 3 is 2.45 bits per heavy atom. The van der Waals surface area contributed by atoms with Crippen molar-refractivity contribution < 1.29 is 0 Å². The van der Waals surface area contributed by atoms with Crippen molar-refractivity contribution in [3.8, 4) is 0 Å². The number of fused-ring (bicyclic) bond motifs is 6. The lowest BCUT2D eigenvalue weighted by Gasteiger charge is -2.39. The topological polar surface area (TPSA) is 6.48 Å². The van der Waals surface area contributed by atoms with Crippen LogP contribution in [-0.2, 0) is 0 Å². The SMILES string of the molecule is C1=CC2C3=CC(C4=CC5C6C=CCCC6N(C6C=C(c7ccccc7)CCC6)C5C=C4)CC=C3N(c3ccccc3)C2C=C1. The lowest BCUT2D eigenvalue weighted by Crippen LogP contribution is -2.45. The molecule has 2 heteroatoms. The number of likely N-dealkylation sites (tertiary alicyclic amines) is 1. The zero-order valence-corrected chi connectivity index (χ0v) is 25.5. The molecule has 5 aliphatic carbocycles. The van der Waals surface area contributed by atoms with Crippen LogP contribution in [0, 0.1) is 23.7 Å². The van der Waals surface area contributed by atoms with Gasteiger partial charge in [0.15, 0.2) is 0 Å². The van der Waals surface area contributed by atoms with Gasteiger partial charge in [-0.15, -0.1) is 0 Å². The third-order valence-electron chi connectivity index (χ3n) is 11.5. The van der Waals surface area contributed by atoms with Crippen molar-refractivity contribution in [2.24, 2.45) is 23.7 Å². The zero-order chi connectivity index (χ0) is 29.0. The normalized spacial score (nSPS) is 35.2. The molecule has 8 unspecified atom stereocenters. The summed E-state index contributed by atoms with van der Waals surface area (Å²) < 4.78 is 0. The molecule has 2 heterocycles. The van der Waals surface area contributed by atoms with Gasteiger partial charge in [0.25, 0.3) is 0 Å². The molecule has 9 rings (SSSR count). The summed E-state index contributed by atoms with van der Waals surface area (Å²) in [6.07, 6.45) is 37.3. The van der Waals surface area contributed by atoms with E-state index in [1.807, 2.05) is 0 Å². The zero-order valence-electron chi connectivity index (χ0n) is 25.5. The Morgan fingerprint density at radius 1 is 0.727 bits per heavy atom. The first-order chi connectivity index (χ1) is 21.8. The van der Waals surface area contributed by atoms with Crippen LogP contribution in [0.2, 0.25) is 0 Å². The number of hydrogen-bond acceptors (Lipinski definition) is 2. The van der Waals surface area contributed by atoms with Crippen LogP contribution in [-0.4, -0.2) is 29.1 Å². The molecule has 2 saturated heterocycles. The van der Waals surface area contributed by atoms with E-state index in [0.717, 1.165) is 6.42 Å². The van der Waals surface area contributed by atoms with Crippen molar-refractivity contribution in [1.29, 1.82) is 0 Å². The number of nitrogens with zero attached hydrogens (tertiary/aromatic N) is 2. The van der Waals surface area contributed by atoms with E-state index in [0.29, 0.717) is 47.8 Å². The molecule has 2 nitrogen and oxygen atoms in total. The predicted molar refractivity (Wildman–Crippen MR) is 183 cm³/mol. The van der Waals surface area contributed by atoms with Crippen LogP contribution in [0.25, 0.3) is 5.57 Å². The lowest BCUT2D eigenvalue weighted by molar-refractivity contribution is 0.147. The molecule has 0 amide bonds. The number of allylic oxidation sites excluding steroid dienone is 9. The highest BCUT2D eigenvalue weighted by molar-refractivity contribution is 5.68. The number of hydrogen-bond donors (Lipinski definition) is 0. The van der Waals surface area contributed by atoms with Crippen molar-refractivity contribution >= 4 is 11.3 Å². The summed E-state index contributed by atoms with van der Waals surface area (Å²) in [6.45, 7) is 0. The van der Waals surface area contributed by atoms with Crippen LogP contribution in [0.5, 0.6) is 0 Å². The molecule has 0 saturated carbocycles. The molecule has 2 fully saturated rings. The first-order valence-corrected chi connectivity index (χ1v) is 17.1. The van der Waals surface area contributed by atoms with Crippen LogP contribution < -0.4 is 4.90 Å². The summed E-state index contributed by atoms with van der Waals surface area (Å²) >= 11 is 0. The number of benzene rings is 2. The molecule has 220 valence electrons. The van der Waals surface area contributed by atoms with Crippen LogP contribution in [0.1, 0.15) is 44.1 Å². The van der Waals surface area contributed by atoms with Gasteiger partial charge in [-0.05, 0) is 72.9 Å². The molecular formula is C42H42N2. The summed E-state index contributed by atoms with van der Waals surface area (Å²) in [4.78, 5) is 5.52. The van der Waals surface area contributed by atoms with Crippen LogP contribution in [0.4, 0.5) is 5.69 Å². The maximum absolute atomic E-state index is 2.94. The largest absolute Gasteiger partial charge is 0.334 e. The second kappa shape index (κ2) is 10.9. The van der Waals surface area contributed by atoms with Gasteiger partial charge in [0.05, 0.1) is 6.04 Å². The Bertz CT molecular complexity index is 1660. The summed E-state index contributed by atoms with van der Waals surface area (Å²) in [5, 5.41) is 0. The molecule has 2 aromatic rings. The van der Waals surface area contributed by atoms with Crippen LogP contribution in [0.15, 0.2) is 150 Å². The highest BCUT2D eigenvalue weighted by atomic mass is 15.3. The molecule has 0 N–H and O–H groups in total. The maximum Gasteiger partial charge on any atom is 0.0629 e. The Hall–Kier alpha value is -3.88. The minimum absolute atomic E-state index is 0.361. The van der Waals surface area contributed by atoms with Gasteiger partial charge in [-0.3, -0.25) is 4.90 Å². The summed E-state index contributed by atoms with van der Waals surface area (Å²) in [5.41, 5.74) is 8.71. The van der Waals surface area contributed by atoms with Gasteiger partial charge in [-0.25, -0.2) is 0 Å². The van der Waals surface area contributed by atoms with Gasteiger partial charge in [-0.2, -0.15) is 0 Å². The van der Waals surface area contributed by atoms with Gasteiger partial charge in [0, 0.05) is 53.2 Å². The summed E-state index contributed by atoms with van der Waals surface area (Å²) in [6, 6.07) is 24.1. The van der Waals surface area contributed by atoms with Gasteiger partial charge in [-0.1, -0.05) is 121 Å². The minimum atomic E-state index is 0.361. The Morgan fingerprint density at radius 2 is 1.57 bits per heavy atom. The van der Waals surface area contributed by atoms with Crippen molar-refractivity contribution in [3.05, 3.63) is 156 Å². The third-order valence-corrected chi connectivity index (χ3v) is 11.5. The van der Waals surface area contributed by atoms with E-state index in [1.165, 1.54) is 60.2 Å². The van der Waals surface area contributed by atoms with Crippen molar-refractivity contribution in [2.75, 3.05) is 4.90 Å². The van der Waals surface area contributed by atoms with E-state index >= 15 is 0 Å². The predicted octanol–water partition coefficient (Wildman–Crippen LogP) is 9.22. The van der Waals surface area contributed by atoms with E-state index in [1.54, 1.807) is 5.57 Å². The molecule has 0 bridgehead atoms. The molecule has 0 spiro atoms. The highest BCUT2D eigenvalue weighted by Gasteiger charge is 2.50.